The zero-order valence-corrected chi connectivity index (χ0v) is 11.7. The highest BCUT2D eigenvalue weighted by molar-refractivity contribution is 5.77. The summed E-state index contributed by atoms with van der Waals surface area (Å²) in [5, 5.41) is 12.4. The summed E-state index contributed by atoms with van der Waals surface area (Å²) in [7, 11) is 0. The molecule has 4 nitrogen and oxygen atoms in total. The molecule has 2 aliphatic heterocycles. The van der Waals surface area contributed by atoms with Gasteiger partial charge < -0.3 is 10.2 Å². The highest BCUT2D eigenvalue weighted by Gasteiger charge is 2.34. The number of piperidine rings is 2. The van der Waals surface area contributed by atoms with E-state index in [1.165, 1.54) is 5.56 Å². The first-order chi connectivity index (χ1) is 9.67. The summed E-state index contributed by atoms with van der Waals surface area (Å²) in [6.07, 6.45) is 2.56. The smallest absolute Gasteiger partial charge is 0.220 e. The van der Waals surface area contributed by atoms with Crippen molar-refractivity contribution in [2.75, 3.05) is 18.0 Å². The van der Waals surface area contributed by atoms with Crippen LogP contribution in [-0.4, -0.2) is 25.0 Å². The number of anilines is 1. The van der Waals surface area contributed by atoms with E-state index < -0.39 is 0 Å². The lowest BCUT2D eigenvalue weighted by Gasteiger charge is -2.42. The van der Waals surface area contributed by atoms with Crippen LogP contribution in [0.5, 0.6) is 0 Å². The molecule has 0 radical (unpaired) electrons. The van der Waals surface area contributed by atoms with Crippen molar-refractivity contribution < 1.29 is 4.79 Å². The van der Waals surface area contributed by atoms with Gasteiger partial charge in [0.25, 0.3) is 0 Å². The number of nitriles is 1. The summed E-state index contributed by atoms with van der Waals surface area (Å²) < 4.78 is 0. The standard InChI is InChI=1S/C16H19N3O/c1-11-2-3-12(9-17)15(8-11)19-7-6-14-13(10-19)4-5-16(20)18-14/h2-3,8,13-14H,4-7,10H2,1H3,(H,18,20). The predicted octanol–water partition coefficient (Wildman–Crippen LogP) is 1.97. The SMILES string of the molecule is Cc1ccc(C#N)c(N2CCC3NC(=O)CCC3C2)c1. The summed E-state index contributed by atoms with van der Waals surface area (Å²) in [6, 6.07) is 8.59. The van der Waals surface area contributed by atoms with Gasteiger partial charge in [-0.3, -0.25) is 4.79 Å². The minimum absolute atomic E-state index is 0.188. The van der Waals surface area contributed by atoms with Gasteiger partial charge in [0, 0.05) is 25.6 Å². The molecule has 2 fully saturated rings. The number of aryl methyl sites for hydroxylation is 1. The van der Waals surface area contributed by atoms with Crippen LogP contribution in [0, 0.1) is 24.2 Å². The van der Waals surface area contributed by atoms with E-state index in [4.69, 9.17) is 0 Å². The molecule has 2 heterocycles. The first kappa shape index (κ1) is 13.0. The van der Waals surface area contributed by atoms with Crippen molar-refractivity contribution in [1.82, 2.24) is 5.32 Å². The van der Waals surface area contributed by atoms with Gasteiger partial charge in [-0.25, -0.2) is 0 Å². The number of nitrogens with zero attached hydrogens (tertiary/aromatic N) is 2. The Morgan fingerprint density at radius 3 is 3.05 bits per heavy atom. The van der Waals surface area contributed by atoms with Crippen molar-refractivity contribution in [1.29, 1.82) is 5.26 Å². The van der Waals surface area contributed by atoms with Crippen LogP contribution in [0.4, 0.5) is 5.69 Å². The van der Waals surface area contributed by atoms with Gasteiger partial charge in [-0.1, -0.05) is 6.07 Å². The van der Waals surface area contributed by atoms with Crippen LogP contribution in [-0.2, 0) is 4.79 Å². The Bertz CT molecular complexity index is 576. The highest BCUT2D eigenvalue weighted by atomic mass is 16.1. The zero-order chi connectivity index (χ0) is 14.1. The summed E-state index contributed by atoms with van der Waals surface area (Å²) >= 11 is 0. The number of benzene rings is 1. The normalized spacial score (nSPS) is 25.6. The molecule has 2 aliphatic rings. The fraction of sp³-hybridized carbons (Fsp3) is 0.500. The Kier molecular flexibility index (Phi) is 3.35. The summed E-state index contributed by atoms with van der Waals surface area (Å²) in [5.74, 6) is 0.696. The van der Waals surface area contributed by atoms with Gasteiger partial charge in [0.1, 0.15) is 6.07 Å². The van der Waals surface area contributed by atoms with Crippen LogP contribution in [0.15, 0.2) is 18.2 Å². The molecule has 20 heavy (non-hydrogen) atoms. The molecule has 4 heteroatoms. The van der Waals surface area contributed by atoms with Gasteiger partial charge >= 0.3 is 0 Å². The molecule has 1 amide bonds. The first-order valence-electron chi connectivity index (χ1n) is 7.22. The maximum absolute atomic E-state index is 11.4. The molecular formula is C16H19N3O. The van der Waals surface area contributed by atoms with Crippen molar-refractivity contribution in [2.45, 2.75) is 32.2 Å². The summed E-state index contributed by atoms with van der Waals surface area (Å²) in [6.45, 7) is 3.89. The third kappa shape index (κ3) is 2.36. The van der Waals surface area contributed by atoms with Crippen LogP contribution in [0.2, 0.25) is 0 Å². The Morgan fingerprint density at radius 1 is 1.40 bits per heavy atom. The van der Waals surface area contributed by atoms with Gasteiger partial charge in [-0.05, 0) is 43.4 Å². The van der Waals surface area contributed by atoms with Crippen molar-refractivity contribution in [3.63, 3.8) is 0 Å². The van der Waals surface area contributed by atoms with E-state index in [-0.39, 0.29) is 5.91 Å². The van der Waals surface area contributed by atoms with E-state index in [1.54, 1.807) is 0 Å². The number of carbonyl (C=O) groups is 1. The second kappa shape index (κ2) is 5.16. The Hall–Kier alpha value is -2.02. The van der Waals surface area contributed by atoms with Crippen LogP contribution in [0.25, 0.3) is 0 Å². The topological polar surface area (TPSA) is 56.1 Å². The molecule has 1 aromatic rings. The molecule has 1 N–H and O–H groups in total. The second-order valence-electron chi connectivity index (χ2n) is 5.84. The van der Waals surface area contributed by atoms with Gasteiger partial charge in [-0.2, -0.15) is 5.26 Å². The van der Waals surface area contributed by atoms with E-state index >= 15 is 0 Å². The number of rotatable bonds is 1. The van der Waals surface area contributed by atoms with Gasteiger partial charge in [-0.15, -0.1) is 0 Å². The molecule has 1 aromatic carbocycles. The molecule has 0 bridgehead atoms. The lowest BCUT2D eigenvalue weighted by atomic mass is 9.85. The van der Waals surface area contributed by atoms with Gasteiger partial charge in [0.2, 0.25) is 5.91 Å². The maximum atomic E-state index is 11.4. The second-order valence-corrected chi connectivity index (χ2v) is 5.84. The fourth-order valence-electron chi connectivity index (χ4n) is 3.33. The third-order valence-corrected chi connectivity index (χ3v) is 4.44. The van der Waals surface area contributed by atoms with Gasteiger partial charge in [0.05, 0.1) is 11.3 Å². The maximum Gasteiger partial charge on any atom is 0.220 e. The number of fused-ring (bicyclic) bond motifs is 1. The molecule has 3 rings (SSSR count). The molecule has 0 spiro atoms. The Labute approximate surface area is 119 Å². The van der Waals surface area contributed by atoms with Crippen molar-refractivity contribution in [3.05, 3.63) is 29.3 Å². The quantitative estimate of drug-likeness (QED) is 0.848. The van der Waals surface area contributed by atoms with Crippen LogP contribution >= 0.6 is 0 Å². The molecule has 0 saturated carbocycles. The van der Waals surface area contributed by atoms with E-state index in [0.29, 0.717) is 18.4 Å². The molecule has 104 valence electrons. The van der Waals surface area contributed by atoms with Gasteiger partial charge in [0.15, 0.2) is 0 Å². The number of nitrogens with one attached hydrogen (secondary N) is 1. The molecule has 2 saturated heterocycles. The van der Waals surface area contributed by atoms with Crippen LogP contribution in [0.1, 0.15) is 30.4 Å². The number of hydrogen-bond acceptors (Lipinski definition) is 3. The molecule has 0 aromatic heterocycles. The van der Waals surface area contributed by atoms with E-state index in [9.17, 15) is 10.1 Å². The Morgan fingerprint density at radius 2 is 2.25 bits per heavy atom. The van der Waals surface area contributed by atoms with Crippen LogP contribution in [0.3, 0.4) is 0 Å². The van der Waals surface area contributed by atoms with Crippen molar-refractivity contribution >= 4 is 11.6 Å². The van der Waals surface area contributed by atoms with Crippen LogP contribution < -0.4 is 10.2 Å². The largest absolute Gasteiger partial charge is 0.370 e. The minimum Gasteiger partial charge on any atom is -0.370 e. The first-order valence-corrected chi connectivity index (χ1v) is 7.22. The summed E-state index contributed by atoms with van der Waals surface area (Å²) in [5.41, 5.74) is 2.97. The minimum atomic E-state index is 0.188. The predicted molar refractivity (Wildman–Crippen MR) is 77.4 cm³/mol. The monoisotopic (exact) mass is 269 g/mol. The molecule has 0 aliphatic carbocycles. The van der Waals surface area contributed by atoms with E-state index in [2.05, 4.69) is 29.3 Å². The molecule has 2 atom stereocenters. The lowest BCUT2D eigenvalue weighted by Crippen LogP contribution is -2.54. The summed E-state index contributed by atoms with van der Waals surface area (Å²) in [4.78, 5) is 13.8. The van der Waals surface area contributed by atoms with Crippen molar-refractivity contribution in [3.8, 4) is 6.07 Å². The Balaban J connectivity index is 1.81. The lowest BCUT2D eigenvalue weighted by molar-refractivity contribution is -0.124. The number of amides is 1. The highest BCUT2D eigenvalue weighted by Crippen LogP contribution is 2.30. The molecule has 2 unspecified atom stereocenters. The number of hydrogen-bond donors (Lipinski definition) is 1. The van der Waals surface area contributed by atoms with E-state index in [1.807, 2.05) is 12.1 Å². The van der Waals surface area contributed by atoms with Crippen molar-refractivity contribution in [2.24, 2.45) is 5.92 Å². The fourth-order valence-corrected chi connectivity index (χ4v) is 3.33. The average Bonchev–Trinajstić information content (AvgIpc) is 2.46. The van der Waals surface area contributed by atoms with E-state index in [0.717, 1.165) is 37.2 Å². The zero-order valence-electron chi connectivity index (χ0n) is 11.7. The third-order valence-electron chi connectivity index (χ3n) is 4.44. The molecular weight excluding hydrogens is 250 g/mol. The average molecular weight is 269 g/mol. The number of carbonyl (C=O) groups excluding carboxylic acids is 1.